The fourth-order valence-electron chi connectivity index (χ4n) is 3.06. The van der Waals surface area contributed by atoms with Gasteiger partial charge in [-0.05, 0) is 54.3 Å². The number of carbonyl (C=O) groups is 1. The van der Waals surface area contributed by atoms with E-state index in [0.717, 1.165) is 18.4 Å². The van der Waals surface area contributed by atoms with Gasteiger partial charge >= 0.3 is 0 Å². The zero-order valence-corrected chi connectivity index (χ0v) is 16.7. The van der Waals surface area contributed by atoms with Gasteiger partial charge in [0.15, 0.2) is 11.5 Å². The van der Waals surface area contributed by atoms with Crippen molar-refractivity contribution in [3.8, 4) is 17.6 Å². The normalized spacial score (nSPS) is 16.0. The Labute approximate surface area is 174 Å². The zero-order chi connectivity index (χ0) is 21.3. The minimum atomic E-state index is -0.441. The van der Waals surface area contributed by atoms with Crippen LogP contribution in [0.2, 0.25) is 0 Å². The van der Waals surface area contributed by atoms with E-state index in [0.29, 0.717) is 30.2 Å². The lowest BCUT2D eigenvalue weighted by Crippen LogP contribution is -2.32. The van der Waals surface area contributed by atoms with Crippen LogP contribution >= 0.6 is 0 Å². The fraction of sp³-hybridized carbons (Fsp3) is 0.304. The summed E-state index contributed by atoms with van der Waals surface area (Å²) in [4.78, 5) is 12.3. The highest BCUT2D eigenvalue weighted by molar-refractivity contribution is 6.01. The van der Waals surface area contributed by atoms with Gasteiger partial charge in [-0.25, -0.2) is 4.39 Å². The van der Waals surface area contributed by atoms with E-state index in [1.807, 2.05) is 6.07 Å². The van der Waals surface area contributed by atoms with Crippen LogP contribution in [0, 0.1) is 17.1 Å². The fourth-order valence-corrected chi connectivity index (χ4v) is 3.06. The number of halogens is 1. The summed E-state index contributed by atoms with van der Waals surface area (Å²) in [7, 11) is 1.51. The topological polar surface area (TPSA) is 80.6 Å². The minimum Gasteiger partial charge on any atom is -0.493 e. The summed E-state index contributed by atoms with van der Waals surface area (Å²) in [6.07, 6.45) is 3.39. The Morgan fingerprint density at radius 2 is 2.10 bits per heavy atom. The molecule has 1 aliphatic heterocycles. The second kappa shape index (κ2) is 10.4. The molecule has 30 heavy (non-hydrogen) atoms. The molecule has 0 saturated carbocycles. The van der Waals surface area contributed by atoms with Crippen LogP contribution in [-0.4, -0.2) is 32.3 Å². The van der Waals surface area contributed by atoms with Gasteiger partial charge in [0.05, 0.1) is 13.2 Å². The van der Waals surface area contributed by atoms with Crippen molar-refractivity contribution >= 4 is 12.0 Å². The number of nitriles is 1. The van der Waals surface area contributed by atoms with Crippen LogP contribution < -0.4 is 14.8 Å². The van der Waals surface area contributed by atoms with Crippen molar-refractivity contribution in [2.75, 3.05) is 20.3 Å². The van der Waals surface area contributed by atoms with Crippen molar-refractivity contribution < 1.29 is 23.4 Å². The van der Waals surface area contributed by atoms with Crippen molar-refractivity contribution in [2.24, 2.45) is 0 Å². The number of ether oxygens (including phenoxy) is 3. The number of hydrogen-bond donors (Lipinski definition) is 1. The molecule has 0 aliphatic carbocycles. The largest absolute Gasteiger partial charge is 0.493 e. The third-order valence-electron chi connectivity index (χ3n) is 4.69. The molecule has 1 N–H and O–H groups in total. The molecule has 6 nitrogen and oxygen atoms in total. The lowest BCUT2D eigenvalue weighted by molar-refractivity contribution is -0.117. The maximum atomic E-state index is 13.0. The molecule has 7 heteroatoms. The molecule has 1 aliphatic rings. The third-order valence-corrected chi connectivity index (χ3v) is 4.69. The van der Waals surface area contributed by atoms with Gasteiger partial charge in [0.2, 0.25) is 0 Å². The van der Waals surface area contributed by atoms with Gasteiger partial charge in [0.25, 0.3) is 5.91 Å². The van der Waals surface area contributed by atoms with Crippen molar-refractivity contribution in [3.63, 3.8) is 0 Å². The van der Waals surface area contributed by atoms with Gasteiger partial charge in [0, 0.05) is 13.2 Å². The molecule has 1 amide bonds. The van der Waals surface area contributed by atoms with Crippen molar-refractivity contribution in [3.05, 3.63) is 65.0 Å². The maximum absolute atomic E-state index is 13.0. The molecule has 1 heterocycles. The van der Waals surface area contributed by atoms with Crippen molar-refractivity contribution in [1.82, 2.24) is 5.32 Å². The number of nitrogens with one attached hydrogen (secondary N) is 1. The Morgan fingerprint density at radius 1 is 1.30 bits per heavy atom. The van der Waals surface area contributed by atoms with E-state index in [-0.39, 0.29) is 24.1 Å². The molecule has 0 spiro atoms. The first-order valence-electron chi connectivity index (χ1n) is 9.66. The van der Waals surface area contributed by atoms with Gasteiger partial charge in [-0.1, -0.05) is 18.2 Å². The molecule has 0 unspecified atom stereocenters. The summed E-state index contributed by atoms with van der Waals surface area (Å²) in [5.41, 5.74) is 1.44. The molecule has 1 atom stereocenters. The number of methoxy groups -OCH3 is 1. The van der Waals surface area contributed by atoms with E-state index in [1.54, 1.807) is 30.3 Å². The van der Waals surface area contributed by atoms with Gasteiger partial charge in [-0.3, -0.25) is 4.79 Å². The molecule has 0 bridgehead atoms. The highest BCUT2D eigenvalue weighted by Crippen LogP contribution is 2.29. The summed E-state index contributed by atoms with van der Waals surface area (Å²) >= 11 is 0. The standard InChI is InChI=1S/C23H23FN2O4/c1-28-22-12-17(6-9-21(22)30-15-16-4-7-19(24)8-5-16)11-18(13-25)23(27)26-14-20-3-2-10-29-20/h4-9,11-12,20H,2-3,10,14-15H2,1H3,(H,26,27)/b18-11+/t20-/m0/s1. The highest BCUT2D eigenvalue weighted by atomic mass is 19.1. The van der Waals surface area contributed by atoms with Gasteiger partial charge < -0.3 is 19.5 Å². The van der Waals surface area contributed by atoms with Gasteiger partial charge in [0.1, 0.15) is 24.1 Å². The van der Waals surface area contributed by atoms with Crippen LogP contribution in [0.1, 0.15) is 24.0 Å². The monoisotopic (exact) mass is 410 g/mol. The first-order valence-corrected chi connectivity index (χ1v) is 9.66. The zero-order valence-electron chi connectivity index (χ0n) is 16.7. The van der Waals surface area contributed by atoms with E-state index < -0.39 is 5.91 Å². The molecule has 1 saturated heterocycles. The first-order chi connectivity index (χ1) is 14.6. The van der Waals surface area contributed by atoms with E-state index in [2.05, 4.69) is 5.32 Å². The van der Waals surface area contributed by atoms with E-state index in [9.17, 15) is 14.4 Å². The molecule has 2 aromatic carbocycles. The second-order valence-corrected chi connectivity index (χ2v) is 6.84. The van der Waals surface area contributed by atoms with E-state index >= 15 is 0 Å². The predicted octanol–water partition coefficient (Wildman–Crippen LogP) is 3.62. The predicted molar refractivity (Wildman–Crippen MR) is 109 cm³/mol. The quantitative estimate of drug-likeness (QED) is 0.531. The van der Waals surface area contributed by atoms with Gasteiger partial charge in [-0.2, -0.15) is 5.26 Å². The Bertz CT molecular complexity index is 945. The minimum absolute atomic E-state index is 0.00460. The number of rotatable bonds is 8. The number of amides is 1. The Balaban J connectivity index is 1.66. The van der Waals surface area contributed by atoms with Crippen molar-refractivity contribution in [1.29, 1.82) is 5.26 Å². The summed E-state index contributed by atoms with van der Waals surface area (Å²) in [5, 5.41) is 12.1. The summed E-state index contributed by atoms with van der Waals surface area (Å²) in [6, 6.07) is 13.1. The van der Waals surface area contributed by atoms with Crippen LogP contribution in [0.3, 0.4) is 0 Å². The highest BCUT2D eigenvalue weighted by Gasteiger charge is 2.17. The number of hydrogen-bond acceptors (Lipinski definition) is 5. The van der Waals surface area contributed by atoms with Crippen LogP contribution in [0.15, 0.2) is 48.0 Å². The molecule has 0 radical (unpaired) electrons. The average molecular weight is 410 g/mol. The summed E-state index contributed by atoms with van der Waals surface area (Å²) in [6.45, 7) is 1.34. The SMILES string of the molecule is COc1cc(/C=C(\C#N)C(=O)NC[C@@H]2CCCO2)ccc1OCc1ccc(F)cc1. The van der Waals surface area contributed by atoms with Crippen LogP contribution in [0.4, 0.5) is 4.39 Å². The van der Waals surface area contributed by atoms with Crippen LogP contribution in [0.25, 0.3) is 6.08 Å². The van der Waals surface area contributed by atoms with Crippen LogP contribution in [-0.2, 0) is 16.1 Å². The Hall–Kier alpha value is -3.37. The first kappa shape index (κ1) is 21.3. The Kier molecular flexibility index (Phi) is 7.41. The number of nitrogens with zero attached hydrogens (tertiary/aromatic N) is 1. The van der Waals surface area contributed by atoms with E-state index in [4.69, 9.17) is 14.2 Å². The molecular weight excluding hydrogens is 387 g/mol. The second-order valence-electron chi connectivity index (χ2n) is 6.84. The van der Waals surface area contributed by atoms with Gasteiger partial charge in [-0.15, -0.1) is 0 Å². The molecule has 156 valence electrons. The van der Waals surface area contributed by atoms with Crippen molar-refractivity contribution in [2.45, 2.75) is 25.6 Å². The molecule has 0 aromatic heterocycles. The maximum Gasteiger partial charge on any atom is 0.262 e. The number of benzene rings is 2. The lowest BCUT2D eigenvalue weighted by atomic mass is 10.1. The summed E-state index contributed by atoms with van der Waals surface area (Å²) < 4.78 is 29.6. The third kappa shape index (κ3) is 5.82. The molecule has 3 rings (SSSR count). The van der Waals surface area contributed by atoms with E-state index in [1.165, 1.54) is 25.3 Å². The molecule has 1 fully saturated rings. The molecular formula is C23H23FN2O4. The Morgan fingerprint density at radius 3 is 2.77 bits per heavy atom. The summed E-state index contributed by atoms with van der Waals surface area (Å²) in [5.74, 6) is 0.215. The average Bonchev–Trinajstić information content (AvgIpc) is 3.29. The van der Waals surface area contributed by atoms with Crippen LogP contribution in [0.5, 0.6) is 11.5 Å². The molecule has 2 aromatic rings. The number of carbonyl (C=O) groups excluding carboxylic acids is 1. The lowest BCUT2D eigenvalue weighted by Gasteiger charge is -2.12. The smallest absolute Gasteiger partial charge is 0.262 e.